The minimum absolute atomic E-state index is 1.05. The van der Waals surface area contributed by atoms with E-state index in [4.69, 9.17) is 4.98 Å². The highest BCUT2D eigenvalue weighted by atomic mass is 32.1. The first-order valence-corrected chi connectivity index (χ1v) is 18.8. The lowest BCUT2D eigenvalue weighted by Crippen LogP contribution is -1.94. The molecule has 0 fully saturated rings. The number of aromatic nitrogens is 3. The van der Waals surface area contributed by atoms with E-state index >= 15 is 0 Å². The second-order valence-electron chi connectivity index (χ2n) is 13.6. The van der Waals surface area contributed by atoms with Crippen molar-refractivity contribution in [1.82, 2.24) is 14.1 Å². The highest BCUT2D eigenvalue weighted by Crippen LogP contribution is 2.39. The average molecular weight is 694 g/mol. The van der Waals surface area contributed by atoms with Gasteiger partial charge in [0.1, 0.15) is 5.01 Å². The van der Waals surface area contributed by atoms with E-state index in [-0.39, 0.29) is 0 Å². The van der Waals surface area contributed by atoms with Crippen LogP contribution in [-0.4, -0.2) is 14.1 Å². The van der Waals surface area contributed by atoms with Crippen molar-refractivity contribution in [2.24, 2.45) is 0 Å². The molecule has 8 aromatic carbocycles. The first kappa shape index (κ1) is 29.9. The van der Waals surface area contributed by atoms with Crippen LogP contribution in [0.15, 0.2) is 188 Å². The van der Waals surface area contributed by atoms with Gasteiger partial charge in [-0.3, -0.25) is 0 Å². The molecule has 0 atom stereocenters. The van der Waals surface area contributed by atoms with Crippen molar-refractivity contribution in [3.63, 3.8) is 0 Å². The Bertz CT molecular complexity index is 3110. The molecule has 0 aliphatic heterocycles. The van der Waals surface area contributed by atoms with Crippen molar-refractivity contribution in [1.29, 1.82) is 0 Å². The maximum absolute atomic E-state index is 4.89. The van der Waals surface area contributed by atoms with Crippen molar-refractivity contribution in [2.45, 2.75) is 0 Å². The zero-order chi connectivity index (χ0) is 34.9. The highest BCUT2D eigenvalue weighted by molar-refractivity contribution is 7.21. The van der Waals surface area contributed by atoms with Crippen LogP contribution in [0.25, 0.3) is 98.0 Å². The second kappa shape index (κ2) is 11.9. The number of nitrogens with zero attached hydrogens (tertiary/aromatic N) is 3. The lowest BCUT2D eigenvalue weighted by molar-refractivity contribution is 1.18. The predicted octanol–water partition coefficient (Wildman–Crippen LogP) is 13.5. The van der Waals surface area contributed by atoms with Gasteiger partial charge in [-0.1, -0.05) is 103 Å². The van der Waals surface area contributed by atoms with Crippen molar-refractivity contribution >= 4 is 65.2 Å². The molecule has 11 rings (SSSR count). The first-order valence-electron chi connectivity index (χ1n) is 18.0. The topological polar surface area (TPSA) is 22.8 Å². The van der Waals surface area contributed by atoms with Crippen molar-refractivity contribution in [2.75, 3.05) is 0 Å². The van der Waals surface area contributed by atoms with Gasteiger partial charge in [0.25, 0.3) is 0 Å². The van der Waals surface area contributed by atoms with Crippen molar-refractivity contribution in [3.05, 3.63) is 188 Å². The maximum Gasteiger partial charge on any atom is 0.124 e. The summed E-state index contributed by atoms with van der Waals surface area (Å²) >= 11 is 1.74. The predicted molar refractivity (Wildman–Crippen MR) is 225 cm³/mol. The molecule has 0 saturated carbocycles. The third-order valence-corrected chi connectivity index (χ3v) is 11.7. The van der Waals surface area contributed by atoms with Gasteiger partial charge in [-0.15, -0.1) is 11.3 Å². The van der Waals surface area contributed by atoms with Crippen LogP contribution in [0, 0.1) is 0 Å². The van der Waals surface area contributed by atoms with E-state index in [0.29, 0.717) is 0 Å². The van der Waals surface area contributed by atoms with Crippen LogP contribution in [0.3, 0.4) is 0 Å². The first-order chi connectivity index (χ1) is 26.3. The van der Waals surface area contributed by atoms with Gasteiger partial charge in [0.15, 0.2) is 0 Å². The Morgan fingerprint density at radius 1 is 0.340 bits per heavy atom. The Labute approximate surface area is 310 Å². The molecule has 0 N–H and O–H groups in total. The summed E-state index contributed by atoms with van der Waals surface area (Å²) in [6.07, 6.45) is 0. The molecule has 0 saturated heterocycles. The normalized spacial score (nSPS) is 11.8. The van der Waals surface area contributed by atoms with E-state index in [1.54, 1.807) is 11.3 Å². The monoisotopic (exact) mass is 693 g/mol. The maximum atomic E-state index is 4.89. The van der Waals surface area contributed by atoms with Gasteiger partial charge in [-0.05, 0) is 107 Å². The Morgan fingerprint density at radius 2 is 0.792 bits per heavy atom. The van der Waals surface area contributed by atoms with Gasteiger partial charge in [0.2, 0.25) is 0 Å². The van der Waals surface area contributed by atoms with Gasteiger partial charge in [0, 0.05) is 38.5 Å². The van der Waals surface area contributed by atoms with Crippen molar-refractivity contribution < 1.29 is 0 Å². The number of hydrogen-bond donors (Lipinski definition) is 0. The van der Waals surface area contributed by atoms with E-state index in [2.05, 4.69) is 191 Å². The molecule has 3 aromatic heterocycles. The molecular formula is C49H31N3S. The molecule has 53 heavy (non-hydrogen) atoms. The molecule has 0 aliphatic rings. The molecule has 0 unspecified atom stereocenters. The van der Waals surface area contributed by atoms with Crippen LogP contribution < -0.4 is 0 Å². The highest BCUT2D eigenvalue weighted by Gasteiger charge is 2.16. The summed E-state index contributed by atoms with van der Waals surface area (Å²) < 4.78 is 5.99. The van der Waals surface area contributed by atoms with E-state index in [1.165, 1.54) is 70.6 Å². The Hall–Kier alpha value is -6.75. The summed E-state index contributed by atoms with van der Waals surface area (Å²) in [6.45, 7) is 0. The van der Waals surface area contributed by atoms with Crippen LogP contribution in [0.2, 0.25) is 0 Å². The molecule has 0 bridgehead atoms. The number of rotatable bonds is 5. The fourth-order valence-electron chi connectivity index (χ4n) is 8.04. The standard InChI is InChI=1S/C49H31N3S/c1-2-10-32(11-3-1)33-18-24-37(25-19-33)51-44-15-7-4-12-39(44)41-30-35(22-28-46(41)51)36-23-29-47-42(31-36)40-13-5-8-16-45(40)52(47)38-26-20-34(21-27-38)49-50-43-14-6-9-17-48(43)53-49/h1-31H. The fraction of sp³-hybridized carbons (Fsp3) is 0. The molecule has 0 spiro atoms. The number of para-hydroxylation sites is 3. The van der Waals surface area contributed by atoms with Gasteiger partial charge < -0.3 is 9.13 Å². The van der Waals surface area contributed by atoms with Crippen molar-refractivity contribution in [3.8, 4) is 44.2 Å². The van der Waals surface area contributed by atoms with Gasteiger partial charge in [-0.25, -0.2) is 4.98 Å². The Kier molecular flexibility index (Phi) is 6.73. The Morgan fingerprint density at radius 3 is 1.38 bits per heavy atom. The third kappa shape index (κ3) is 4.84. The summed E-state index contributed by atoms with van der Waals surface area (Å²) in [6, 6.07) is 68.0. The second-order valence-corrected chi connectivity index (χ2v) is 14.6. The average Bonchev–Trinajstić information content (AvgIpc) is 3.91. The number of thiazole rings is 1. The molecule has 3 nitrogen and oxygen atoms in total. The zero-order valence-electron chi connectivity index (χ0n) is 28.6. The molecule has 248 valence electrons. The minimum Gasteiger partial charge on any atom is -0.309 e. The minimum atomic E-state index is 1.05. The van der Waals surface area contributed by atoms with Gasteiger partial charge in [-0.2, -0.15) is 0 Å². The van der Waals surface area contributed by atoms with Crippen LogP contribution >= 0.6 is 11.3 Å². The largest absolute Gasteiger partial charge is 0.309 e. The molecule has 0 aliphatic carbocycles. The molecule has 11 aromatic rings. The lowest BCUT2D eigenvalue weighted by atomic mass is 10.0. The number of benzene rings is 8. The van der Waals surface area contributed by atoms with Crippen LogP contribution in [0.1, 0.15) is 0 Å². The summed E-state index contributed by atoms with van der Waals surface area (Å²) in [5.74, 6) is 0. The summed E-state index contributed by atoms with van der Waals surface area (Å²) in [4.78, 5) is 4.89. The summed E-state index contributed by atoms with van der Waals surface area (Å²) in [5.41, 5.74) is 14.1. The van der Waals surface area contributed by atoms with Crippen LogP contribution in [-0.2, 0) is 0 Å². The fourth-order valence-corrected chi connectivity index (χ4v) is 9.01. The third-order valence-electron chi connectivity index (χ3n) is 10.6. The smallest absolute Gasteiger partial charge is 0.124 e. The SMILES string of the molecule is c1ccc(-c2ccc(-n3c4ccccc4c4cc(-c5ccc6c(c5)c5ccccc5n6-c5ccc(-c6nc7ccccc7s6)cc5)ccc43)cc2)cc1. The van der Waals surface area contributed by atoms with Crippen LogP contribution in [0.5, 0.6) is 0 Å². The summed E-state index contributed by atoms with van der Waals surface area (Å²) in [5, 5.41) is 6.04. The van der Waals surface area contributed by atoms with Gasteiger partial charge >= 0.3 is 0 Å². The molecule has 0 radical (unpaired) electrons. The van der Waals surface area contributed by atoms with E-state index < -0.39 is 0 Å². The molecule has 0 amide bonds. The van der Waals surface area contributed by atoms with E-state index in [1.807, 2.05) is 6.07 Å². The molecule has 3 heterocycles. The number of hydrogen-bond acceptors (Lipinski definition) is 2. The molecular weight excluding hydrogens is 663 g/mol. The van der Waals surface area contributed by atoms with Gasteiger partial charge in [0.05, 0.1) is 32.3 Å². The van der Waals surface area contributed by atoms with Crippen LogP contribution in [0.4, 0.5) is 0 Å². The number of fused-ring (bicyclic) bond motifs is 7. The quantitative estimate of drug-likeness (QED) is 0.176. The molecule has 4 heteroatoms. The summed E-state index contributed by atoms with van der Waals surface area (Å²) in [7, 11) is 0. The van der Waals surface area contributed by atoms with E-state index in [0.717, 1.165) is 27.5 Å². The zero-order valence-corrected chi connectivity index (χ0v) is 29.5. The lowest BCUT2D eigenvalue weighted by Gasteiger charge is -2.10. The Balaban J connectivity index is 1.00. The van der Waals surface area contributed by atoms with E-state index in [9.17, 15) is 0 Å².